The summed E-state index contributed by atoms with van der Waals surface area (Å²) in [5.41, 5.74) is 0.390. The molecule has 0 aromatic heterocycles. The average molecular weight is 469 g/mol. The van der Waals surface area contributed by atoms with Crippen LogP contribution in [-0.4, -0.2) is 16.7 Å². The summed E-state index contributed by atoms with van der Waals surface area (Å²) in [7, 11) is 0. The van der Waals surface area contributed by atoms with E-state index in [9.17, 15) is 9.90 Å². The summed E-state index contributed by atoms with van der Waals surface area (Å²) < 4.78 is 0. The highest BCUT2D eigenvalue weighted by molar-refractivity contribution is 6.31. The van der Waals surface area contributed by atoms with E-state index in [1.165, 1.54) is 4.90 Å². The van der Waals surface area contributed by atoms with E-state index >= 15 is 0 Å². The van der Waals surface area contributed by atoms with Crippen molar-refractivity contribution in [2.45, 2.75) is 44.9 Å². The van der Waals surface area contributed by atoms with Crippen molar-refractivity contribution in [3.8, 4) is 0 Å². The van der Waals surface area contributed by atoms with Crippen LogP contribution in [-0.2, 0) is 5.72 Å². The van der Waals surface area contributed by atoms with Gasteiger partial charge in [0.05, 0.1) is 0 Å². The highest BCUT2D eigenvalue weighted by atomic mass is 35.5. The molecule has 0 saturated carbocycles. The number of hydrogen-bond acceptors (Lipinski definition) is 2. The van der Waals surface area contributed by atoms with Crippen molar-refractivity contribution in [1.82, 2.24) is 0 Å². The summed E-state index contributed by atoms with van der Waals surface area (Å²) in [6, 6.07) is 21.6. The molecule has 1 N–H and O–H groups in total. The van der Waals surface area contributed by atoms with Crippen LogP contribution in [0.5, 0.6) is 0 Å². The van der Waals surface area contributed by atoms with Crippen LogP contribution < -0.4 is 9.80 Å². The Kier molecular flexibility index (Phi) is 5.97. The fraction of sp³-hybridized carbons (Fsp3) is 0.269. The third-order valence-corrected chi connectivity index (χ3v) is 7.05. The minimum absolute atomic E-state index is 0.303. The van der Waals surface area contributed by atoms with Crippen molar-refractivity contribution >= 4 is 40.6 Å². The molecule has 1 atom stereocenters. The molecule has 0 radical (unpaired) electrons. The first kappa shape index (κ1) is 22.7. The van der Waals surface area contributed by atoms with Crippen molar-refractivity contribution in [2.75, 3.05) is 9.80 Å². The number of urea groups is 1. The second kappa shape index (κ2) is 8.43. The molecule has 3 aromatic rings. The van der Waals surface area contributed by atoms with Crippen LogP contribution >= 0.6 is 23.2 Å². The van der Waals surface area contributed by atoms with Gasteiger partial charge in [0.25, 0.3) is 0 Å². The zero-order chi connectivity index (χ0) is 23.1. The number of hydrogen-bond donors (Lipinski definition) is 1. The lowest BCUT2D eigenvalue weighted by atomic mass is 9.76. The molecule has 1 aliphatic heterocycles. The lowest BCUT2D eigenvalue weighted by Crippen LogP contribution is -2.59. The number of carbonyl (C=O) groups is 1. The van der Waals surface area contributed by atoms with Gasteiger partial charge in [-0.25, -0.2) is 4.79 Å². The molecule has 1 aliphatic rings. The number of aliphatic hydroxyl groups is 1. The Morgan fingerprint density at radius 1 is 0.812 bits per heavy atom. The van der Waals surface area contributed by atoms with E-state index in [0.29, 0.717) is 39.8 Å². The van der Waals surface area contributed by atoms with Crippen LogP contribution in [0.25, 0.3) is 0 Å². The maximum atomic E-state index is 14.1. The monoisotopic (exact) mass is 468 g/mol. The molecule has 1 saturated heterocycles. The molecular weight excluding hydrogens is 443 g/mol. The number of aryl methyl sites for hydroxylation is 1. The number of anilines is 2. The maximum absolute atomic E-state index is 14.1. The van der Waals surface area contributed by atoms with Crippen LogP contribution in [0.2, 0.25) is 10.0 Å². The Morgan fingerprint density at radius 2 is 1.31 bits per heavy atom. The summed E-state index contributed by atoms with van der Waals surface area (Å²) in [5.74, 6) is 0. The summed E-state index contributed by atoms with van der Waals surface area (Å²) in [6.07, 6.45) is 1.07. The van der Waals surface area contributed by atoms with E-state index in [1.807, 2.05) is 57.2 Å². The third kappa shape index (κ3) is 3.29. The van der Waals surface area contributed by atoms with Gasteiger partial charge in [0.1, 0.15) is 5.54 Å². The van der Waals surface area contributed by atoms with Gasteiger partial charge in [0.15, 0.2) is 5.72 Å². The molecule has 1 heterocycles. The van der Waals surface area contributed by atoms with Gasteiger partial charge >= 0.3 is 6.03 Å². The van der Waals surface area contributed by atoms with Gasteiger partial charge in [-0.3, -0.25) is 9.80 Å². The molecule has 4 nitrogen and oxygen atoms in total. The Labute approximate surface area is 199 Å². The van der Waals surface area contributed by atoms with E-state index in [1.54, 1.807) is 41.3 Å². The number of rotatable bonds is 5. The van der Waals surface area contributed by atoms with Gasteiger partial charge in [-0.2, -0.15) is 0 Å². The fourth-order valence-corrected chi connectivity index (χ4v) is 5.19. The predicted molar refractivity (Wildman–Crippen MR) is 132 cm³/mol. The van der Waals surface area contributed by atoms with Crippen molar-refractivity contribution < 1.29 is 9.90 Å². The first-order valence-electron chi connectivity index (χ1n) is 10.7. The number of carbonyl (C=O) groups excluding carboxylic acids is 1. The molecule has 32 heavy (non-hydrogen) atoms. The Morgan fingerprint density at radius 3 is 1.78 bits per heavy atom. The van der Waals surface area contributed by atoms with Crippen LogP contribution in [0.4, 0.5) is 16.2 Å². The molecule has 4 rings (SSSR count). The van der Waals surface area contributed by atoms with Crippen molar-refractivity contribution in [3.63, 3.8) is 0 Å². The quantitative estimate of drug-likeness (QED) is 0.431. The molecule has 0 aliphatic carbocycles. The molecule has 166 valence electrons. The molecule has 2 amide bonds. The first-order chi connectivity index (χ1) is 15.3. The Hall–Kier alpha value is -2.53. The summed E-state index contributed by atoms with van der Waals surface area (Å²) in [5, 5.41) is 13.8. The standard InChI is InChI=1S/C26H26Cl2N2O2/c1-4-25(5-2)26(32,19-8-6-7-18(3)17-19)30(23-15-11-21(28)12-16-23)24(31)29(25)22-13-9-20(27)10-14-22/h6-17,32H,4-5H2,1-3H3. The van der Waals surface area contributed by atoms with Gasteiger partial charge in [-0.1, -0.05) is 66.9 Å². The normalized spacial score (nSPS) is 20.1. The number of halogens is 2. The SMILES string of the molecule is CCC1(CC)N(c2ccc(Cl)cc2)C(=O)N(c2ccc(Cl)cc2)C1(O)c1cccc(C)c1. The molecule has 0 spiro atoms. The topological polar surface area (TPSA) is 43.8 Å². The van der Waals surface area contributed by atoms with Crippen molar-refractivity contribution in [3.05, 3.63) is 94.0 Å². The summed E-state index contributed by atoms with van der Waals surface area (Å²) in [4.78, 5) is 17.3. The second-order valence-electron chi connectivity index (χ2n) is 8.19. The highest BCUT2D eigenvalue weighted by Crippen LogP contribution is 2.54. The molecule has 6 heteroatoms. The van der Waals surface area contributed by atoms with Crippen LogP contribution in [0.15, 0.2) is 72.8 Å². The van der Waals surface area contributed by atoms with Crippen molar-refractivity contribution in [2.24, 2.45) is 0 Å². The fourth-order valence-electron chi connectivity index (χ4n) is 4.94. The first-order valence-corrected chi connectivity index (χ1v) is 11.5. The van der Waals surface area contributed by atoms with E-state index in [-0.39, 0.29) is 6.03 Å². The van der Waals surface area contributed by atoms with Gasteiger partial charge in [-0.05, 0) is 68.3 Å². The average Bonchev–Trinajstić information content (AvgIpc) is 2.99. The number of amides is 2. The molecule has 1 unspecified atom stereocenters. The molecule has 3 aromatic carbocycles. The van der Waals surface area contributed by atoms with Gasteiger partial charge in [0, 0.05) is 27.0 Å². The predicted octanol–water partition coefficient (Wildman–Crippen LogP) is 7.15. The largest absolute Gasteiger partial charge is 0.364 e. The summed E-state index contributed by atoms with van der Waals surface area (Å²) >= 11 is 12.3. The zero-order valence-corrected chi connectivity index (χ0v) is 19.9. The minimum atomic E-state index is -1.62. The zero-order valence-electron chi connectivity index (χ0n) is 18.3. The Bertz CT molecular complexity index is 1130. The molecule has 1 fully saturated rings. The van der Waals surface area contributed by atoms with Crippen LogP contribution in [0.3, 0.4) is 0 Å². The van der Waals surface area contributed by atoms with Gasteiger partial charge in [0.2, 0.25) is 0 Å². The Balaban J connectivity index is 2.04. The van der Waals surface area contributed by atoms with Crippen LogP contribution in [0.1, 0.15) is 37.8 Å². The third-order valence-electron chi connectivity index (χ3n) is 6.54. The lowest BCUT2D eigenvalue weighted by Gasteiger charge is -2.46. The van der Waals surface area contributed by atoms with E-state index < -0.39 is 11.3 Å². The van der Waals surface area contributed by atoms with Crippen LogP contribution in [0, 0.1) is 6.92 Å². The van der Waals surface area contributed by atoms with E-state index in [4.69, 9.17) is 23.2 Å². The van der Waals surface area contributed by atoms with Gasteiger partial charge < -0.3 is 5.11 Å². The van der Waals surface area contributed by atoms with Gasteiger partial charge in [-0.15, -0.1) is 0 Å². The van der Waals surface area contributed by atoms with E-state index in [2.05, 4.69) is 0 Å². The van der Waals surface area contributed by atoms with E-state index in [0.717, 1.165) is 5.56 Å². The smallest absolute Gasteiger partial charge is 0.332 e. The van der Waals surface area contributed by atoms with Crippen molar-refractivity contribution in [1.29, 1.82) is 0 Å². The second-order valence-corrected chi connectivity index (χ2v) is 9.06. The lowest BCUT2D eigenvalue weighted by molar-refractivity contribution is -0.0215. The summed E-state index contributed by atoms with van der Waals surface area (Å²) in [6.45, 7) is 5.99. The minimum Gasteiger partial charge on any atom is -0.364 e. The number of benzene rings is 3. The molecular formula is C26H26Cl2N2O2. The molecule has 0 bridgehead atoms. The highest BCUT2D eigenvalue weighted by Gasteiger charge is 2.66. The number of nitrogens with zero attached hydrogens (tertiary/aromatic N) is 2. The maximum Gasteiger partial charge on any atom is 0.332 e.